The summed E-state index contributed by atoms with van der Waals surface area (Å²) in [5.74, 6) is -3.64. The molecule has 13 atom stereocenters. The molecule has 0 aromatic carbocycles. The number of ether oxygens (including phenoxy) is 4. The van der Waals surface area contributed by atoms with Crippen LogP contribution in [0.2, 0.25) is 0 Å². The summed E-state index contributed by atoms with van der Waals surface area (Å²) in [7, 11) is 0. The third-order valence-corrected chi connectivity index (χ3v) is 9.14. The Balaban J connectivity index is 3.00. The van der Waals surface area contributed by atoms with Gasteiger partial charge in [0.05, 0.1) is 18.1 Å². The molecule has 0 bridgehead atoms. The van der Waals surface area contributed by atoms with Gasteiger partial charge in [-0.3, -0.25) is 14.4 Å². The monoisotopic (exact) mass is 677 g/mol. The van der Waals surface area contributed by atoms with E-state index in [2.05, 4.69) is 6.58 Å². The van der Waals surface area contributed by atoms with Gasteiger partial charge in [-0.2, -0.15) is 0 Å². The van der Waals surface area contributed by atoms with Crippen LogP contribution in [0.15, 0.2) is 48.6 Å². The van der Waals surface area contributed by atoms with Crippen LogP contribution in [0, 0.1) is 41.4 Å². The van der Waals surface area contributed by atoms with Crippen molar-refractivity contribution < 1.29 is 48.3 Å². The molecule has 4 N–H and O–H groups in total. The fourth-order valence-electron chi connectivity index (χ4n) is 6.59. The number of carbonyl (C=O) groups is 4. The smallest absolute Gasteiger partial charge is 0.404 e. The summed E-state index contributed by atoms with van der Waals surface area (Å²) in [4.78, 5) is 47.7. The average Bonchev–Trinajstić information content (AvgIpc) is 2.99. The summed E-state index contributed by atoms with van der Waals surface area (Å²) in [6.45, 7) is 21.2. The van der Waals surface area contributed by atoms with Crippen LogP contribution in [0.4, 0.5) is 4.79 Å². The number of aliphatic hydroxyl groups is 2. The van der Waals surface area contributed by atoms with E-state index in [1.807, 2.05) is 60.6 Å². The number of primary amides is 1. The highest BCUT2D eigenvalue weighted by Gasteiger charge is 2.44. The van der Waals surface area contributed by atoms with Gasteiger partial charge in [0.15, 0.2) is 0 Å². The van der Waals surface area contributed by atoms with Crippen molar-refractivity contribution in [2.75, 3.05) is 0 Å². The molecule has 1 heterocycles. The molecular formula is C37H59NO10. The minimum Gasteiger partial charge on any atom is -0.462 e. The zero-order valence-electron chi connectivity index (χ0n) is 30.3. The molecule has 1 rings (SSSR count). The van der Waals surface area contributed by atoms with Gasteiger partial charge in [-0.05, 0) is 26.2 Å². The summed E-state index contributed by atoms with van der Waals surface area (Å²) in [5.41, 5.74) is 6.31. The topological polar surface area (TPSA) is 172 Å². The van der Waals surface area contributed by atoms with Crippen molar-refractivity contribution >= 4 is 24.0 Å². The highest BCUT2D eigenvalue weighted by Crippen LogP contribution is 2.32. The number of cyclic esters (lactones) is 1. The van der Waals surface area contributed by atoms with Gasteiger partial charge in [0.2, 0.25) is 0 Å². The zero-order valence-corrected chi connectivity index (χ0v) is 30.3. The van der Waals surface area contributed by atoms with Crippen molar-refractivity contribution in [2.45, 2.75) is 119 Å². The van der Waals surface area contributed by atoms with Crippen molar-refractivity contribution in [3.05, 3.63) is 48.6 Å². The molecule has 272 valence electrons. The van der Waals surface area contributed by atoms with E-state index in [1.54, 1.807) is 31.2 Å². The Kier molecular flexibility index (Phi) is 17.9. The van der Waals surface area contributed by atoms with Crippen LogP contribution in [-0.2, 0) is 33.3 Å². The van der Waals surface area contributed by atoms with Crippen LogP contribution < -0.4 is 5.73 Å². The first kappa shape index (κ1) is 42.6. The Morgan fingerprint density at radius 2 is 1.52 bits per heavy atom. The molecule has 1 amide bonds. The number of esters is 3. The SMILES string of the molecule is C=C/C=C\C(C)C(OC(N)=O)[C@@H](C)[C@H](O)C(C)C/C(C)=C\C(C)[C@@H](OC(C)=O)[C@@H](C)/C=C\C(O)C[C@@H]1OC(=O)[C@H](C)[C@@H](OC(C)=O)[C@H]1C. The Bertz CT molecular complexity index is 1180. The van der Waals surface area contributed by atoms with E-state index in [4.69, 9.17) is 24.7 Å². The number of allylic oxidation sites excluding steroid dienone is 3. The van der Waals surface area contributed by atoms with Gasteiger partial charge in [-0.25, -0.2) is 4.79 Å². The summed E-state index contributed by atoms with van der Waals surface area (Å²) in [6, 6.07) is 0. The predicted octanol–water partition coefficient (Wildman–Crippen LogP) is 5.44. The van der Waals surface area contributed by atoms with Gasteiger partial charge in [0, 0.05) is 49.9 Å². The molecular weight excluding hydrogens is 618 g/mol. The first-order valence-electron chi connectivity index (χ1n) is 16.8. The second kappa shape index (κ2) is 20.2. The van der Waals surface area contributed by atoms with E-state index >= 15 is 0 Å². The van der Waals surface area contributed by atoms with Crippen molar-refractivity contribution in [1.29, 1.82) is 0 Å². The molecule has 11 nitrogen and oxygen atoms in total. The number of amides is 1. The minimum atomic E-state index is -0.966. The standard InChI is InChI=1S/C37H59NO10/c1-12-13-14-21(3)34(48-37(38)44)26(8)32(42)23(5)17-20(2)18-24(6)33(45-28(10)39)22(4)15-16-30(41)19-31-25(7)35(46-29(11)40)27(9)36(43)47-31/h12-16,18,21-27,30-35,41-42H,1,17,19H2,2-11H3,(H2,38,44)/b14-13-,16-15-,20-18-/t21?,22-,23?,24?,25-,26-,27+,30?,31-,32+,33-,34?,35-/m0/s1. The molecule has 0 aromatic heterocycles. The van der Waals surface area contributed by atoms with Crippen molar-refractivity contribution in [3.63, 3.8) is 0 Å². The third-order valence-electron chi connectivity index (χ3n) is 9.14. The van der Waals surface area contributed by atoms with Gasteiger partial charge in [-0.1, -0.05) is 90.2 Å². The third kappa shape index (κ3) is 13.6. The predicted molar refractivity (Wildman–Crippen MR) is 183 cm³/mol. The molecule has 48 heavy (non-hydrogen) atoms. The lowest BCUT2D eigenvalue weighted by molar-refractivity contribution is -0.188. The van der Waals surface area contributed by atoms with E-state index in [1.165, 1.54) is 13.8 Å². The molecule has 0 aliphatic carbocycles. The van der Waals surface area contributed by atoms with Crippen molar-refractivity contribution in [1.82, 2.24) is 0 Å². The fraction of sp³-hybridized carbons (Fsp3) is 0.676. The maximum absolute atomic E-state index is 12.4. The van der Waals surface area contributed by atoms with Gasteiger partial charge < -0.3 is 34.9 Å². The molecule has 1 fully saturated rings. The summed E-state index contributed by atoms with van der Waals surface area (Å²) < 4.78 is 22.0. The molecule has 0 aromatic rings. The molecule has 0 radical (unpaired) electrons. The minimum absolute atomic E-state index is 0.112. The highest BCUT2D eigenvalue weighted by atomic mass is 16.6. The van der Waals surface area contributed by atoms with Gasteiger partial charge in [0.1, 0.15) is 24.4 Å². The normalized spacial score (nSPS) is 25.9. The Labute approximate surface area is 286 Å². The highest BCUT2D eigenvalue weighted by molar-refractivity contribution is 5.75. The molecule has 0 saturated carbocycles. The first-order chi connectivity index (χ1) is 22.3. The lowest BCUT2D eigenvalue weighted by atomic mass is 9.81. The lowest BCUT2D eigenvalue weighted by Gasteiger charge is -2.38. The first-order valence-corrected chi connectivity index (χ1v) is 16.8. The van der Waals surface area contributed by atoms with Crippen LogP contribution in [0.1, 0.15) is 82.1 Å². The number of rotatable bonds is 18. The van der Waals surface area contributed by atoms with Crippen LogP contribution in [0.5, 0.6) is 0 Å². The number of hydrogen-bond donors (Lipinski definition) is 3. The maximum Gasteiger partial charge on any atom is 0.404 e. The van der Waals surface area contributed by atoms with Gasteiger partial charge in [0.25, 0.3) is 0 Å². The van der Waals surface area contributed by atoms with Gasteiger partial charge >= 0.3 is 24.0 Å². The molecule has 1 aliphatic heterocycles. The maximum atomic E-state index is 12.4. The summed E-state index contributed by atoms with van der Waals surface area (Å²) >= 11 is 0. The van der Waals surface area contributed by atoms with Crippen LogP contribution in [0.3, 0.4) is 0 Å². The van der Waals surface area contributed by atoms with Crippen LogP contribution >= 0.6 is 0 Å². The fourth-order valence-corrected chi connectivity index (χ4v) is 6.59. The zero-order chi connectivity index (χ0) is 36.9. The van der Waals surface area contributed by atoms with Crippen molar-refractivity contribution in [3.8, 4) is 0 Å². The Morgan fingerprint density at radius 1 is 0.917 bits per heavy atom. The van der Waals surface area contributed by atoms with Crippen LogP contribution in [-0.4, -0.2) is 70.8 Å². The van der Waals surface area contributed by atoms with Crippen molar-refractivity contribution in [2.24, 2.45) is 47.2 Å². The summed E-state index contributed by atoms with van der Waals surface area (Å²) in [5, 5.41) is 22.0. The van der Waals surface area contributed by atoms with E-state index in [0.717, 1.165) is 5.57 Å². The molecule has 5 unspecified atom stereocenters. The largest absolute Gasteiger partial charge is 0.462 e. The molecule has 11 heteroatoms. The number of aliphatic hydroxyl groups excluding tert-OH is 2. The lowest BCUT2D eigenvalue weighted by Crippen LogP contribution is -2.49. The number of hydrogen-bond acceptors (Lipinski definition) is 10. The van der Waals surface area contributed by atoms with Crippen LogP contribution in [0.25, 0.3) is 0 Å². The summed E-state index contributed by atoms with van der Waals surface area (Å²) in [6.07, 6.45) is 6.10. The quantitative estimate of drug-likeness (QED) is 0.0734. The number of carbonyl (C=O) groups excluding carboxylic acids is 4. The van der Waals surface area contributed by atoms with E-state index in [0.29, 0.717) is 6.42 Å². The second-order valence-corrected chi connectivity index (χ2v) is 13.6. The number of nitrogens with two attached hydrogens (primary N) is 1. The van der Waals surface area contributed by atoms with E-state index in [9.17, 15) is 29.4 Å². The molecule has 0 spiro atoms. The Hall–Kier alpha value is -3.44. The molecule has 1 aliphatic rings. The molecule has 1 saturated heterocycles. The Morgan fingerprint density at radius 3 is 2.06 bits per heavy atom. The van der Waals surface area contributed by atoms with Gasteiger partial charge in [-0.15, -0.1) is 0 Å². The van der Waals surface area contributed by atoms with E-state index < -0.39 is 72.5 Å². The van der Waals surface area contributed by atoms with E-state index in [-0.39, 0.29) is 36.0 Å². The average molecular weight is 678 g/mol. The second-order valence-electron chi connectivity index (χ2n) is 13.6.